The van der Waals surface area contributed by atoms with Crippen molar-refractivity contribution in [1.82, 2.24) is 0 Å². The molecule has 1 aliphatic rings. The number of aliphatic imine (C=N–C) groups is 1. The second-order valence-electron chi connectivity index (χ2n) is 7.13. The second-order valence-corrected chi connectivity index (χ2v) is 8.08. The van der Waals surface area contributed by atoms with Gasteiger partial charge >= 0.3 is 0 Å². The van der Waals surface area contributed by atoms with E-state index in [-0.39, 0.29) is 28.2 Å². The number of rotatable bonds is 6. The lowest BCUT2D eigenvalue weighted by Gasteiger charge is -2.18. The van der Waals surface area contributed by atoms with Crippen LogP contribution < -0.4 is 15.0 Å². The van der Waals surface area contributed by atoms with E-state index >= 15 is 0 Å². The molecule has 1 heterocycles. The Morgan fingerprint density at radius 2 is 1.76 bits per heavy atom. The number of methoxy groups -OCH3 is 1. The third kappa shape index (κ3) is 5.32. The van der Waals surface area contributed by atoms with E-state index < -0.39 is 17.5 Å². The van der Waals surface area contributed by atoms with Gasteiger partial charge in [0, 0.05) is 5.69 Å². The van der Waals surface area contributed by atoms with E-state index in [4.69, 9.17) is 4.74 Å². The van der Waals surface area contributed by atoms with Crippen LogP contribution >= 0.6 is 11.8 Å². The van der Waals surface area contributed by atoms with Gasteiger partial charge < -0.3 is 10.1 Å². The molecule has 0 fully saturated rings. The maximum absolute atomic E-state index is 14.5. The Balaban J connectivity index is 1.55. The molecule has 4 rings (SSSR count). The zero-order valence-corrected chi connectivity index (χ0v) is 18.8. The van der Waals surface area contributed by atoms with Gasteiger partial charge in [0.05, 0.1) is 18.6 Å². The van der Waals surface area contributed by atoms with Crippen molar-refractivity contribution in [2.45, 2.75) is 0 Å². The third-order valence-corrected chi connectivity index (χ3v) is 5.74. The van der Waals surface area contributed by atoms with Gasteiger partial charge in [0.1, 0.15) is 23.1 Å². The average Bonchev–Trinajstić information content (AvgIpc) is 3.14. The first kappa shape index (κ1) is 23.2. The largest absolute Gasteiger partial charge is 0.497 e. The smallest absolute Gasteiger partial charge is 0.283 e. The lowest BCUT2D eigenvalue weighted by Crippen LogP contribution is -2.32. The molecule has 172 valence electrons. The van der Waals surface area contributed by atoms with Crippen LogP contribution in [-0.4, -0.2) is 29.8 Å². The summed E-state index contributed by atoms with van der Waals surface area (Å²) >= 11 is 1.00. The number of amidine groups is 1. The molecule has 3 aromatic carbocycles. The Bertz CT molecular complexity index is 1280. The van der Waals surface area contributed by atoms with Crippen LogP contribution in [0.3, 0.4) is 0 Å². The molecule has 9 heteroatoms. The SMILES string of the molecule is COc1ccc(NC(=O)CSC2=N/C(=C\c3ccc(F)cc3)C(=O)N2c2ccccc2F)cc1. The van der Waals surface area contributed by atoms with Crippen LogP contribution in [0.2, 0.25) is 0 Å². The average molecular weight is 480 g/mol. The van der Waals surface area contributed by atoms with Gasteiger partial charge in [0.25, 0.3) is 5.91 Å². The molecule has 0 spiro atoms. The zero-order valence-electron chi connectivity index (χ0n) is 18.0. The predicted molar refractivity (Wildman–Crippen MR) is 130 cm³/mol. The number of amides is 2. The van der Waals surface area contributed by atoms with Crippen molar-refractivity contribution >= 4 is 46.2 Å². The monoisotopic (exact) mass is 479 g/mol. The summed E-state index contributed by atoms with van der Waals surface area (Å²) in [5.74, 6) is -1.28. The van der Waals surface area contributed by atoms with E-state index in [2.05, 4.69) is 10.3 Å². The van der Waals surface area contributed by atoms with Crippen molar-refractivity contribution in [1.29, 1.82) is 0 Å². The Kier molecular flexibility index (Phi) is 7.03. The van der Waals surface area contributed by atoms with E-state index in [1.165, 1.54) is 48.5 Å². The summed E-state index contributed by atoms with van der Waals surface area (Å²) in [6.45, 7) is 0. The van der Waals surface area contributed by atoms with Crippen molar-refractivity contribution in [3.8, 4) is 5.75 Å². The van der Waals surface area contributed by atoms with Crippen LogP contribution in [-0.2, 0) is 9.59 Å². The summed E-state index contributed by atoms with van der Waals surface area (Å²) in [4.78, 5) is 31.1. The van der Waals surface area contributed by atoms with Gasteiger partial charge in [-0.25, -0.2) is 13.8 Å². The van der Waals surface area contributed by atoms with Crippen LogP contribution in [0.4, 0.5) is 20.2 Å². The number of nitrogens with zero attached hydrogens (tertiary/aromatic N) is 2. The van der Waals surface area contributed by atoms with Crippen LogP contribution in [0.1, 0.15) is 5.56 Å². The molecule has 0 unspecified atom stereocenters. The fourth-order valence-corrected chi connectivity index (χ4v) is 3.96. The Morgan fingerprint density at radius 1 is 1.06 bits per heavy atom. The Labute approximate surface area is 199 Å². The molecule has 0 saturated heterocycles. The molecule has 0 aliphatic carbocycles. The summed E-state index contributed by atoms with van der Waals surface area (Å²) in [5, 5.41) is 2.91. The number of carbonyl (C=O) groups is 2. The normalized spacial score (nSPS) is 14.3. The number of hydrogen-bond acceptors (Lipinski definition) is 5. The number of thioether (sulfide) groups is 1. The molecule has 1 aliphatic heterocycles. The number of benzene rings is 3. The molecule has 0 aromatic heterocycles. The molecule has 0 atom stereocenters. The summed E-state index contributed by atoms with van der Waals surface area (Å²) in [6, 6.07) is 18.2. The minimum absolute atomic E-state index is 0.0248. The second kappa shape index (κ2) is 10.3. The van der Waals surface area contributed by atoms with Gasteiger partial charge in [-0.1, -0.05) is 36.0 Å². The van der Waals surface area contributed by atoms with Gasteiger partial charge in [-0.3, -0.25) is 14.5 Å². The van der Waals surface area contributed by atoms with Crippen molar-refractivity contribution < 1.29 is 23.1 Å². The van der Waals surface area contributed by atoms with E-state index in [0.29, 0.717) is 17.0 Å². The molecule has 6 nitrogen and oxygen atoms in total. The van der Waals surface area contributed by atoms with Crippen molar-refractivity contribution in [3.63, 3.8) is 0 Å². The number of hydrogen-bond donors (Lipinski definition) is 1. The molecule has 34 heavy (non-hydrogen) atoms. The van der Waals surface area contributed by atoms with Crippen LogP contribution in [0.25, 0.3) is 6.08 Å². The molecule has 0 radical (unpaired) electrons. The minimum atomic E-state index is -0.602. The van der Waals surface area contributed by atoms with Gasteiger partial charge in [-0.05, 0) is 60.2 Å². The maximum atomic E-state index is 14.5. The lowest BCUT2D eigenvalue weighted by molar-refractivity contribution is -0.114. The van der Waals surface area contributed by atoms with Gasteiger partial charge in [-0.2, -0.15) is 0 Å². The molecule has 1 N–H and O–H groups in total. The van der Waals surface area contributed by atoms with Crippen molar-refractivity contribution in [2.24, 2.45) is 4.99 Å². The molecule has 0 bridgehead atoms. The first-order chi connectivity index (χ1) is 16.4. The third-order valence-electron chi connectivity index (χ3n) is 4.80. The summed E-state index contributed by atoms with van der Waals surface area (Å²) in [5.41, 5.74) is 1.22. The highest BCUT2D eigenvalue weighted by Crippen LogP contribution is 2.31. The van der Waals surface area contributed by atoms with E-state index in [0.717, 1.165) is 16.7 Å². The zero-order chi connectivity index (χ0) is 24.1. The van der Waals surface area contributed by atoms with Crippen molar-refractivity contribution in [3.05, 3.63) is 95.7 Å². The lowest BCUT2D eigenvalue weighted by atomic mass is 10.2. The fourth-order valence-electron chi connectivity index (χ4n) is 3.16. The van der Waals surface area contributed by atoms with E-state index in [1.54, 1.807) is 37.4 Å². The van der Waals surface area contributed by atoms with E-state index in [1.807, 2.05) is 0 Å². The molecule has 3 aromatic rings. The standard InChI is InChI=1S/C25H19F2N3O3S/c1-33-19-12-10-18(11-13-19)28-23(31)15-34-25-29-21(14-16-6-8-17(26)9-7-16)24(32)30(25)22-5-3-2-4-20(22)27/h2-14H,15H2,1H3,(H,28,31)/b21-14-. The summed E-state index contributed by atoms with van der Waals surface area (Å²) < 4.78 is 32.8. The van der Waals surface area contributed by atoms with Gasteiger partial charge in [-0.15, -0.1) is 0 Å². The van der Waals surface area contributed by atoms with E-state index in [9.17, 15) is 18.4 Å². The van der Waals surface area contributed by atoms with Crippen LogP contribution in [0.15, 0.2) is 83.5 Å². The Morgan fingerprint density at radius 3 is 2.44 bits per heavy atom. The maximum Gasteiger partial charge on any atom is 0.283 e. The topological polar surface area (TPSA) is 71.0 Å². The molecular weight excluding hydrogens is 460 g/mol. The quantitative estimate of drug-likeness (QED) is 0.500. The van der Waals surface area contributed by atoms with Crippen LogP contribution in [0.5, 0.6) is 5.75 Å². The number of para-hydroxylation sites is 1. The molecular formula is C25H19F2N3O3S. The number of carbonyl (C=O) groups excluding carboxylic acids is 2. The first-order valence-corrected chi connectivity index (χ1v) is 11.1. The number of anilines is 2. The predicted octanol–water partition coefficient (Wildman–Crippen LogP) is 5.09. The highest BCUT2D eigenvalue weighted by molar-refractivity contribution is 8.14. The van der Waals surface area contributed by atoms with Gasteiger partial charge in [0.15, 0.2) is 5.17 Å². The minimum Gasteiger partial charge on any atom is -0.497 e. The van der Waals surface area contributed by atoms with Gasteiger partial charge in [0.2, 0.25) is 5.91 Å². The fraction of sp³-hybridized carbons (Fsp3) is 0.0800. The number of ether oxygens (including phenoxy) is 1. The van der Waals surface area contributed by atoms with Crippen molar-refractivity contribution in [2.75, 3.05) is 23.1 Å². The number of nitrogens with one attached hydrogen (secondary N) is 1. The summed E-state index contributed by atoms with van der Waals surface area (Å²) in [7, 11) is 1.55. The Hall–Kier alpha value is -3.98. The highest BCUT2D eigenvalue weighted by atomic mass is 32.2. The number of halogens is 2. The van der Waals surface area contributed by atoms with Crippen LogP contribution in [0, 0.1) is 11.6 Å². The molecule has 0 saturated carbocycles. The highest BCUT2D eigenvalue weighted by Gasteiger charge is 2.33. The summed E-state index contributed by atoms with van der Waals surface area (Å²) in [6.07, 6.45) is 1.49. The first-order valence-electron chi connectivity index (χ1n) is 10.2. The molecule has 2 amide bonds.